The molecule has 0 spiro atoms. The first-order chi connectivity index (χ1) is 29.5. The fourth-order valence-corrected chi connectivity index (χ4v) is 12.3. The average Bonchev–Trinajstić information content (AvgIpc) is 3.77. The van der Waals surface area contributed by atoms with Crippen LogP contribution in [0.5, 0.6) is 0 Å². The first kappa shape index (κ1) is 34.1. The van der Waals surface area contributed by atoms with Crippen molar-refractivity contribution in [2.75, 3.05) is 0 Å². The molecule has 11 aromatic rings. The molecule has 0 atom stereocenters. The third-order valence-electron chi connectivity index (χ3n) is 13.9. The van der Waals surface area contributed by atoms with Gasteiger partial charge in [0.05, 0.1) is 0 Å². The first-order valence-electron chi connectivity index (χ1n) is 21.3. The maximum atomic E-state index is 2.52. The van der Waals surface area contributed by atoms with E-state index in [2.05, 4.69) is 196 Å². The molecule has 1 heterocycles. The third kappa shape index (κ3) is 4.84. The fraction of sp³-hybridized carbons (Fsp3) is 0.0847. The van der Waals surface area contributed by atoms with E-state index in [1.807, 2.05) is 11.3 Å². The fourth-order valence-electron chi connectivity index (χ4n) is 11.1. The second kappa shape index (κ2) is 12.6. The van der Waals surface area contributed by atoms with Crippen molar-refractivity contribution in [3.05, 3.63) is 198 Å². The molecule has 0 aliphatic heterocycles. The SMILES string of the molecule is CC1(C)c2ccc(-c3ccc4cc(-c5c6ccccc6c(-c6cccc7ccccc67)c6ccccc56)ccc4c3)cc2-c2ccc3cc4sc5c(c4cc3c21)CCC=C5. The highest BCUT2D eigenvalue weighted by molar-refractivity contribution is 7.20. The maximum absolute atomic E-state index is 2.52. The molecule has 10 aromatic carbocycles. The van der Waals surface area contributed by atoms with Gasteiger partial charge >= 0.3 is 0 Å². The van der Waals surface area contributed by atoms with Crippen LogP contribution in [0.1, 0.15) is 41.8 Å². The molecule has 0 amide bonds. The molecule has 0 saturated carbocycles. The lowest BCUT2D eigenvalue weighted by atomic mass is 9.79. The Hall–Kier alpha value is -6.80. The predicted molar refractivity (Wildman–Crippen MR) is 261 cm³/mol. The van der Waals surface area contributed by atoms with Gasteiger partial charge in [-0.25, -0.2) is 0 Å². The van der Waals surface area contributed by atoms with Crippen molar-refractivity contribution < 1.29 is 0 Å². The lowest BCUT2D eigenvalue weighted by Gasteiger charge is -2.23. The second-order valence-electron chi connectivity index (χ2n) is 17.5. The number of fused-ring (bicyclic) bond motifs is 12. The number of rotatable bonds is 3. The highest BCUT2D eigenvalue weighted by Crippen LogP contribution is 2.53. The summed E-state index contributed by atoms with van der Waals surface area (Å²) in [6.07, 6.45) is 6.94. The van der Waals surface area contributed by atoms with E-state index in [4.69, 9.17) is 0 Å². The summed E-state index contributed by atoms with van der Waals surface area (Å²) in [5, 5.41) is 14.4. The Bertz CT molecular complexity index is 3620. The smallest absolute Gasteiger partial charge is 0.0358 e. The van der Waals surface area contributed by atoms with Crippen LogP contribution in [0.2, 0.25) is 0 Å². The van der Waals surface area contributed by atoms with Gasteiger partial charge in [0.1, 0.15) is 0 Å². The molecule has 0 bridgehead atoms. The van der Waals surface area contributed by atoms with Crippen LogP contribution in [0.15, 0.2) is 176 Å². The lowest BCUT2D eigenvalue weighted by Crippen LogP contribution is -2.15. The molecule has 282 valence electrons. The van der Waals surface area contributed by atoms with Gasteiger partial charge in [0, 0.05) is 15.0 Å². The number of allylic oxidation sites excluding steroid dienone is 1. The quantitative estimate of drug-likeness (QED) is 0.157. The van der Waals surface area contributed by atoms with Crippen molar-refractivity contribution in [1.29, 1.82) is 0 Å². The molecule has 0 fully saturated rings. The van der Waals surface area contributed by atoms with Gasteiger partial charge in [-0.2, -0.15) is 0 Å². The number of hydrogen-bond acceptors (Lipinski definition) is 1. The Morgan fingerprint density at radius 2 is 1.07 bits per heavy atom. The summed E-state index contributed by atoms with van der Waals surface area (Å²) < 4.78 is 1.41. The van der Waals surface area contributed by atoms with Crippen LogP contribution in [0, 0.1) is 0 Å². The Balaban J connectivity index is 0.924. The minimum absolute atomic E-state index is 0.0897. The predicted octanol–water partition coefficient (Wildman–Crippen LogP) is 16.9. The maximum Gasteiger partial charge on any atom is 0.0358 e. The van der Waals surface area contributed by atoms with Gasteiger partial charge in [0.15, 0.2) is 0 Å². The van der Waals surface area contributed by atoms with E-state index in [1.54, 1.807) is 0 Å². The van der Waals surface area contributed by atoms with E-state index < -0.39 is 0 Å². The van der Waals surface area contributed by atoms with Gasteiger partial charge in [-0.05, 0) is 170 Å². The molecule has 60 heavy (non-hydrogen) atoms. The highest BCUT2D eigenvalue weighted by atomic mass is 32.1. The Kier molecular flexibility index (Phi) is 7.16. The van der Waals surface area contributed by atoms with Crippen LogP contribution in [0.25, 0.3) is 115 Å². The Morgan fingerprint density at radius 3 is 1.85 bits per heavy atom. The van der Waals surface area contributed by atoms with E-state index >= 15 is 0 Å². The second-order valence-corrected chi connectivity index (χ2v) is 18.6. The van der Waals surface area contributed by atoms with Crippen LogP contribution in [-0.2, 0) is 11.8 Å². The zero-order valence-corrected chi connectivity index (χ0v) is 34.5. The molecule has 13 rings (SSSR count). The van der Waals surface area contributed by atoms with Crippen LogP contribution in [0.3, 0.4) is 0 Å². The zero-order chi connectivity index (χ0) is 39.7. The van der Waals surface area contributed by atoms with Gasteiger partial charge in [-0.15, -0.1) is 11.3 Å². The monoisotopic (exact) mass is 780 g/mol. The van der Waals surface area contributed by atoms with Crippen molar-refractivity contribution in [1.82, 2.24) is 0 Å². The topological polar surface area (TPSA) is 0 Å². The molecule has 0 N–H and O–H groups in total. The summed E-state index contributed by atoms with van der Waals surface area (Å²) in [5.41, 5.74) is 14.7. The lowest BCUT2D eigenvalue weighted by molar-refractivity contribution is 0.666. The molecule has 2 aliphatic carbocycles. The molecular weight excluding hydrogens is 741 g/mol. The largest absolute Gasteiger partial charge is 0.136 e. The standard InChI is InChI=1S/C59H40S/c1-59(2)53-29-27-39(32-51(53)49-28-26-40-33-55-52(34-50(40)58(49)59)43-15-9-10-21-54(43)60-55)37-22-23-38-31-41(25-24-36(38)30-37)56-45-16-5-7-18-47(45)57(48-19-8-6-17-46(48)56)44-20-11-13-35-12-3-4-14-42(35)44/h3-8,10-14,16-34H,9,15H2,1-2H3. The van der Waals surface area contributed by atoms with E-state index in [1.165, 1.54) is 130 Å². The van der Waals surface area contributed by atoms with Crippen molar-refractivity contribution in [3.8, 4) is 44.5 Å². The van der Waals surface area contributed by atoms with Crippen LogP contribution < -0.4 is 0 Å². The normalized spacial score (nSPS) is 14.1. The number of hydrogen-bond donors (Lipinski definition) is 0. The molecule has 1 aromatic heterocycles. The van der Waals surface area contributed by atoms with Crippen LogP contribution in [0.4, 0.5) is 0 Å². The first-order valence-corrected chi connectivity index (χ1v) is 22.1. The van der Waals surface area contributed by atoms with Gasteiger partial charge in [-0.1, -0.05) is 159 Å². The van der Waals surface area contributed by atoms with Crippen molar-refractivity contribution in [2.24, 2.45) is 0 Å². The summed E-state index contributed by atoms with van der Waals surface area (Å²) in [7, 11) is 0. The number of thiophene rings is 1. The van der Waals surface area contributed by atoms with Crippen molar-refractivity contribution in [2.45, 2.75) is 32.1 Å². The van der Waals surface area contributed by atoms with Crippen LogP contribution in [-0.4, -0.2) is 0 Å². The summed E-state index contributed by atoms with van der Waals surface area (Å²) in [4.78, 5) is 1.44. The molecule has 1 heteroatoms. The zero-order valence-electron chi connectivity index (χ0n) is 33.6. The average molecular weight is 781 g/mol. The van der Waals surface area contributed by atoms with Gasteiger partial charge in [0.2, 0.25) is 0 Å². The number of aryl methyl sites for hydroxylation is 1. The van der Waals surface area contributed by atoms with Crippen molar-refractivity contribution in [3.63, 3.8) is 0 Å². The van der Waals surface area contributed by atoms with E-state index in [-0.39, 0.29) is 5.41 Å². The summed E-state index contributed by atoms with van der Waals surface area (Å²) in [6.45, 7) is 4.84. The summed E-state index contributed by atoms with van der Waals surface area (Å²) in [6, 6.07) is 64.4. The van der Waals surface area contributed by atoms with Gasteiger partial charge < -0.3 is 0 Å². The Morgan fingerprint density at radius 1 is 0.433 bits per heavy atom. The minimum atomic E-state index is -0.0897. The minimum Gasteiger partial charge on any atom is -0.136 e. The molecule has 2 aliphatic rings. The summed E-state index contributed by atoms with van der Waals surface area (Å²) >= 11 is 1.95. The molecule has 0 radical (unpaired) electrons. The van der Waals surface area contributed by atoms with Gasteiger partial charge in [0.25, 0.3) is 0 Å². The van der Waals surface area contributed by atoms with E-state index in [9.17, 15) is 0 Å². The molecule has 0 nitrogen and oxygen atoms in total. The molecular formula is C59H40S. The third-order valence-corrected chi connectivity index (χ3v) is 15.0. The highest BCUT2D eigenvalue weighted by Gasteiger charge is 2.37. The van der Waals surface area contributed by atoms with E-state index in [0.717, 1.165) is 12.8 Å². The summed E-state index contributed by atoms with van der Waals surface area (Å²) in [5.74, 6) is 0. The molecule has 0 unspecified atom stereocenters. The number of benzene rings is 10. The van der Waals surface area contributed by atoms with E-state index in [0.29, 0.717) is 0 Å². The van der Waals surface area contributed by atoms with Gasteiger partial charge in [-0.3, -0.25) is 0 Å². The Labute approximate surface area is 353 Å². The molecule has 0 saturated heterocycles. The van der Waals surface area contributed by atoms with Crippen molar-refractivity contribution >= 4 is 81.4 Å². The van der Waals surface area contributed by atoms with Crippen LogP contribution >= 0.6 is 11.3 Å².